The van der Waals surface area contributed by atoms with E-state index in [4.69, 9.17) is 21.1 Å². The summed E-state index contributed by atoms with van der Waals surface area (Å²) < 4.78 is 37.6. The summed E-state index contributed by atoms with van der Waals surface area (Å²) in [6.45, 7) is 1.69. The lowest BCUT2D eigenvalue weighted by molar-refractivity contribution is -0.147. The zero-order valence-corrected chi connectivity index (χ0v) is 15.8. The van der Waals surface area contributed by atoms with Gasteiger partial charge in [-0.05, 0) is 43.3 Å². The molecule has 7 nitrogen and oxygen atoms in total. The highest BCUT2D eigenvalue weighted by Gasteiger charge is 2.35. The van der Waals surface area contributed by atoms with Gasteiger partial charge in [0, 0.05) is 11.4 Å². The molecule has 0 saturated carbocycles. The number of esters is 2. The Morgan fingerprint density at radius 1 is 1.19 bits per heavy atom. The standard InChI is InChI=1S/C18H16ClNO6S/c1-11-10-16(18(22)25-11)26-17(21)14-4-2-3-5-15(14)20-27(23,24)13-8-6-12(19)7-9-13/h2-9,11,16,20H,10H2,1H3/t11-,16-/m1/s1. The van der Waals surface area contributed by atoms with Crippen LogP contribution in [0.5, 0.6) is 0 Å². The first-order valence-corrected chi connectivity index (χ1v) is 9.91. The summed E-state index contributed by atoms with van der Waals surface area (Å²) in [7, 11) is -3.94. The number of ether oxygens (including phenoxy) is 2. The van der Waals surface area contributed by atoms with Crippen LogP contribution in [0.3, 0.4) is 0 Å². The molecule has 0 spiro atoms. The van der Waals surface area contributed by atoms with Crippen LogP contribution in [0.2, 0.25) is 5.02 Å². The van der Waals surface area contributed by atoms with Crippen molar-refractivity contribution < 1.29 is 27.5 Å². The highest BCUT2D eigenvalue weighted by molar-refractivity contribution is 7.92. The van der Waals surface area contributed by atoms with Gasteiger partial charge in [-0.2, -0.15) is 0 Å². The molecular formula is C18H16ClNO6S. The number of hydrogen-bond acceptors (Lipinski definition) is 6. The molecule has 1 fully saturated rings. The number of nitrogens with one attached hydrogen (secondary N) is 1. The number of para-hydroxylation sites is 1. The topological polar surface area (TPSA) is 98.8 Å². The van der Waals surface area contributed by atoms with Crippen LogP contribution in [-0.2, 0) is 24.3 Å². The maximum Gasteiger partial charge on any atom is 0.347 e. The Bertz CT molecular complexity index is 974. The summed E-state index contributed by atoms with van der Waals surface area (Å²) in [5.74, 6) is -1.43. The minimum absolute atomic E-state index is 0.0109. The van der Waals surface area contributed by atoms with Crippen molar-refractivity contribution in [1.29, 1.82) is 0 Å². The molecule has 27 heavy (non-hydrogen) atoms. The Hall–Kier alpha value is -2.58. The van der Waals surface area contributed by atoms with Gasteiger partial charge < -0.3 is 9.47 Å². The molecule has 3 rings (SSSR count). The Balaban J connectivity index is 1.82. The number of hydrogen-bond donors (Lipinski definition) is 1. The third-order valence-electron chi connectivity index (χ3n) is 3.89. The molecule has 9 heteroatoms. The molecule has 1 heterocycles. The normalized spacial score (nSPS) is 19.4. The van der Waals surface area contributed by atoms with Crippen LogP contribution >= 0.6 is 11.6 Å². The third kappa shape index (κ3) is 4.40. The van der Waals surface area contributed by atoms with Gasteiger partial charge in [-0.1, -0.05) is 23.7 Å². The molecule has 0 radical (unpaired) electrons. The molecule has 1 aliphatic heterocycles. The molecule has 0 unspecified atom stereocenters. The monoisotopic (exact) mass is 409 g/mol. The number of rotatable bonds is 5. The molecule has 1 aliphatic rings. The Morgan fingerprint density at radius 2 is 1.85 bits per heavy atom. The van der Waals surface area contributed by atoms with Crippen molar-refractivity contribution in [3.63, 3.8) is 0 Å². The van der Waals surface area contributed by atoms with E-state index < -0.39 is 28.1 Å². The first kappa shape index (κ1) is 19.2. The lowest BCUT2D eigenvalue weighted by Gasteiger charge is -2.13. The smallest absolute Gasteiger partial charge is 0.347 e. The zero-order chi connectivity index (χ0) is 19.6. The van der Waals surface area contributed by atoms with Gasteiger partial charge in [0.1, 0.15) is 6.10 Å². The largest absolute Gasteiger partial charge is 0.460 e. The van der Waals surface area contributed by atoms with E-state index in [-0.39, 0.29) is 28.7 Å². The van der Waals surface area contributed by atoms with Gasteiger partial charge in [0.25, 0.3) is 10.0 Å². The van der Waals surface area contributed by atoms with Gasteiger partial charge >= 0.3 is 11.9 Å². The second kappa shape index (κ2) is 7.58. The van der Waals surface area contributed by atoms with E-state index in [0.29, 0.717) is 5.02 Å². The summed E-state index contributed by atoms with van der Waals surface area (Å²) in [4.78, 5) is 24.1. The summed E-state index contributed by atoms with van der Waals surface area (Å²) in [5.41, 5.74) is 0.0271. The SMILES string of the molecule is C[C@@H]1C[C@@H](OC(=O)c2ccccc2NS(=O)(=O)c2ccc(Cl)cc2)C(=O)O1. The first-order valence-electron chi connectivity index (χ1n) is 8.05. The average molecular weight is 410 g/mol. The lowest BCUT2D eigenvalue weighted by atomic mass is 10.2. The quantitative estimate of drug-likeness (QED) is 0.762. The van der Waals surface area contributed by atoms with Crippen molar-refractivity contribution in [2.24, 2.45) is 0 Å². The maximum atomic E-state index is 12.5. The van der Waals surface area contributed by atoms with E-state index in [0.717, 1.165) is 0 Å². The van der Waals surface area contributed by atoms with Crippen LogP contribution in [-0.4, -0.2) is 32.6 Å². The van der Waals surface area contributed by atoms with Crippen molar-refractivity contribution in [2.75, 3.05) is 4.72 Å². The molecule has 0 amide bonds. The van der Waals surface area contributed by atoms with Gasteiger partial charge in [-0.3, -0.25) is 4.72 Å². The van der Waals surface area contributed by atoms with Crippen molar-refractivity contribution in [3.05, 3.63) is 59.1 Å². The molecule has 142 valence electrons. The Kier molecular flexibility index (Phi) is 5.38. The maximum absolute atomic E-state index is 12.5. The third-order valence-corrected chi connectivity index (χ3v) is 5.52. The van der Waals surface area contributed by atoms with Crippen LogP contribution in [0, 0.1) is 0 Å². The molecule has 2 aromatic rings. The summed E-state index contributed by atoms with van der Waals surface area (Å²) in [6.07, 6.45) is -1.09. The number of benzene rings is 2. The first-order chi connectivity index (χ1) is 12.8. The molecule has 2 atom stereocenters. The number of carbonyl (C=O) groups excluding carboxylic acids is 2. The number of sulfonamides is 1. The number of cyclic esters (lactones) is 1. The van der Waals surface area contributed by atoms with Crippen molar-refractivity contribution in [2.45, 2.75) is 30.4 Å². The second-order valence-corrected chi connectivity index (χ2v) is 8.10. The lowest BCUT2D eigenvalue weighted by Crippen LogP contribution is -2.24. The van der Waals surface area contributed by atoms with Gasteiger partial charge in [-0.25, -0.2) is 18.0 Å². The predicted molar refractivity (Wildman–Crippen MR) is 98.1 cm³/mol. The van der Waals surface area contributed by atoms with E-state index >= 15 is 0 Å². The van der Waals surface area contributed by atoms with E-state index in [1.807, 2.05) is 0 Å². The number of halogens is 1. The fourth-order valence-corrected chi connectivity index (χ4v) is 3.78. The molecule has 0 aromatic heterocycles. The van der Waals surface area contributed by atoms with Gasteiger partial charge in [0.05, 0.1) is 16.1 Å². The fourth-order valence-electron chi connectivity index (χ4n) is 2.58. The Morgan fingerprint density at radius 3 is 2.48 bits per heavy atom. The van der Waals surface area contributed by atoms with Crippen LogP contribution in [0.4, 0.5) is 5.69 Å². The van der Waals surface area contributed by atoms with Crippen molar-refractivity contribution >= 4 is 39.3 Å². The van der Waals surface area contributed by atoms with Crippen LogP contribution in [0.15, 0.2) is 53.4 Å². The van der Waals surface area contributed by atoms with E-state index in [2.05, 4.69) is 4.72 Å². The van der Waals surface area contributed by atoms with Crippen LogP contribution in [0.25, 0.3) is 0 Å². The molecule has 0 bridgehead atoms. The van der Waals surface area contributed by atoms with Crippen molar-refractivity contribution in [1.82, 2.24) is 0 Å². The summed E-state index contributed by atoms with van der Waals surface area (Å²) in [5, 5.41) is 0.399. The van der Waals surface area contributed by atoms with Gasteiger partial charge in [0.15, 0.2) is 0 Å². The molecule has 1 N–H and O–H groups in total. The fraction of sp³-hybridized carbons (Fsp3) is 0.222. The van der Waals surface area contributed by atoms with E-state index in [1.54, 1.807) is 19.1 Å². The average Bonchev–Trinajstić information content (AvgIpc) is 2.92. The predicted octanol–water partition coefficient (Wildman–Crippen LogP) is 3.00. The molecule has 2 aromatic carbocycles. The minimum Gasteiger partial charge on any atom is -0.460 e. The number of carbonyl (C=O) groups is 2. The van der Waals surface area contributed by atoms with Crippen molar-refractivity contribution in [3.8, 4) is 0 Å². The highest BCUT2D eigenvalue weighted by Crippen LogP contribution is 2.24. The summed E-state index contributed by atoms with van der Waals surface area (Å²) in [6, 6.07) is 11.6. The van der Waals surface area contributed by atoms with Crippen LogP contribution < -0.4 is 4.72 Å². The Labute approximate surface area is 161 Å². The van der Waals surface area contributed by atoms with E-state index in [1.165, 1.54) is 36.4 Å². The molecule has 0 aliphatic carbocycles. The van der Waals surface area contributed by atoms with E-state index in [9.17, 15) is 18.0 Å². The molecular weight excluding hydrogens is 394 g/mol. The summed E-state index contributed by atoms with van der Waals surface area (Å²) >= 11 is 5.78. The second-order valence-electron chi connectivity index (χ2n) is 5.98. The minimum atomic E-state index is -3.94. The van der Waals surface area contributed by atoms with Crippen LogP contribution in [0.1, 0.15) is 23.7 Å². The van der Waals surface area contributed by atoms with Gasteiger partial charge in [-0.15, -0.1) is 0 Å². The molecule has 1 saturated heterocycles. The zero-order valence-electron chi connectivity index (χ0n) is 14.2. The highest BCUT2D eigenvalue weighted by atomic mass is 35.5. The van der Waals surface area contributed by atoms with Gasteiger partial charge in [0.2, 0.25) is 6.10 Å². The number of anilines is 1.